The molecule has 0 saturated carbocycles. The van der Waals surface area contributed by atoms with Crippen LogP contribution >= 0.6 is 0 Å². The normalized spacial score (nSPS) is 16.2. The summed E-state index contributed by atoms with van der Waals surface area (Å²) >= 11 is 0. The molecule has 3 aromatic rings. The summed E-state index contributed by atoms with van der Waals surface area (Å²) in [5, 5.41) is 0. The molecule has 0 atom stereocenters. The van der Waals surface area contributed by atoms with E-state index in [1.165, 1.54) is 0 Å². The molecule has 5 rings (SSSR count). The topological polar surface area (TPSA) is 72.1 Å². The second kappa shape index (κ2) is 6.03. The summed E-state index contributed by atoms with van der Waals surface area (Å²) in [4.78, 5) is 27.8. The van der Waals surface area contributed by atoms with Crippen molar-refractivity contribution in [3.05, 3.63) is 53.7 Å². The van der Waals surface area contributed by atoms with E-state index in [0.717, 1.165) is 28.0 Å². The van der Waals surface area contributed by atoms with E-state index in [2.05, 4.69) is 21.0 Å². The average Bonchev–Trinajstić information content (AvgIpc) is 3.33. The number of aromatic nitrogens is 3. The lowest BCUT2D eigenvalue weighted by Gasteiger charge is -2.26. The number of fused-ring (bicyclic) bond motifs is 2. The summed E-state index contributed by atoms with van der Waals surface area (Å²) in [7, 11) is 0. The molecule has 0 unspecified atom stereocenters. The molecule has 7 heteroatoms. The quantitative estimate of drug-likeness (QED) is 0.709. The summed E-state index contributed by atoms with van der Waals surface area (Å²) in [6.45, 7) is 3.05. The summed E-state index contributed by atoms with van der Waals surface area (Å²) in [6.07, 6.45) is 7.25. The van der Waals surface area contributed by atoms with Gasteiger partial charge in [0.1, 0.15) is 11.3 Å². The van der Waals surface area contributed by atoms with Crippen molar-refractivity contribution in [2.45, 2.75) is 6.54 Å². The number of rotatable bonds is 2. The number of carbonyl (C=O) groups excluding carboxylic acids is 1. The lowest BCUT2D eigenvalue weighted by Crippen LogP contribution is -2.41. The average molecular weight is 347 g/mol. The highest BCUT2D eigenvalue weighted by Gasteiger charge is 2.22. The summed E-state index contributed by atoms with van der Waals surface area (Å²) in [5.41, 5.74) is 5.38. The maximum absolute atomic E-state index is 12.9. The highest BCUT2D eigenvalue weighted by Crippen LogP contribution is 2.24. The second-order valence-electron chi connectivity index (χ2n) is 6.43. The fraction of sp³-hybridized carbons (Fsp3) is 0.263. The van der Waals surface area contributed by atoms with Crippen molar-refractivity contribution in [2.24, 2.45) is 4.99 Å². The molecular formula is C19H17N5O2. The molecule has 2 aliphatic heterocycles. The Morgan fingerprint density at radius 1 is 1.08 bits per heavy atom. The maximum atomic E-state index is 12.9. The Morgan fingerprint density at radius 3 is 2.85 bits per heavy atom. The van der Waals surface area contributed by atoms with Gasteiger partial charge in [-0.15, -0.1) is 0 Å². The first-order valence-corrected chi connectivity index (χ1v) is 8.63. The fourth-order valence-corrected chi connectivity index (χ4v) is 3.39. The Labute approximate surface area is 150 Å². The number of morpholine rings is 1. The van der Waals surface area contributed by atoms with E-state index >= 15 is 0 Å². The lowest BCUT2D eigenvalue weighted by molar-refractivity contribution is 0.0298. The van der Waals surface area contributed by atoms with Crippen molar-refractivity contribution < 1.29 is 9.53 Å². The first-order valence-electron chi connectivity index (χ1n) is 8.63. The van der Waals surface area contributed by atoms with Crippen LogP contribution in [0.5, 0.6) is 0 Å². The largest absolute Gasteiger partial charge is 0.378 e. The third kappa shape index (κ3) is 2.48. The van der Waals surface area contributed by atoms with Gasteiger partial charge in [-0.25, -0.2) is 4.98 Å². The number of aliphatic imine (C=N–C) groups is 1. The number of nitrogens with zero attached hydrogens (tertiary/aromatic N) is 5. The van der Waals surface area contributed by atoms with Crippen molar-refractivity contribution in [1.82, 2.24) is 19.3 Å². The smallest absolute Gasteiger partial charge is 0.272 e. The molecule has 7 nitrogen and oxygen atoms in total. The van der Waals surface area contributed by atoms with Crippen molar-refractivity contribution in [3.8, 4) is 11.1 Å². The van der Waals surface area contributed by atoms with E-state index in [1.54, 1.807) is 12.4 Å². The van der Waals surface area contributed by atoms with Crippen molar-refractivity contribution in [1.29, 1.82) is 0 Å². The predicted molar refractivity (Wildman–Crippen MR) is 96.4 cm³/mol. The van der Waals surface area contributed by atoms with Crippen LogP contribution in [0.1, 0.15) is 21.7 Å². The maximum Gasteiger partial charge on any atom is 0.272 e. The predicted octanol–water partition coefficient (Wildman–Crippen LogP) is 1.80. The molecule has 0 aliphatic carbocycles. The van der Waals surface area contributed by atoms with Gasteiger partial charge in [0.15, 0.2) is 0 Å². The molecule has 0 bridgehead atoms. The second-order valence-corrected chi connectivity index (χ2v) is 6.43. The fourth-order valence-electron chi connectivity index (χ4n) is 3.39. The van der Waals surface area contributed by atoms with Crippen molar-refractivity contribution >= 4 is 17.8 Å². The van der Waals surface area contributed by atoms with E-state index in [-0.39, 0.29) is 5.91 Å². The van der Waals surface area contributed by atoms with Gasteiger partial charge in [0, 0.05) is 48.4 Å². The zero-order chi connectivity index (χ0) is 17.5. The summed E-state index contributed by atoms with van der Waals surface area (Å²) in [5.74, 6) is -0.0153. The molecule has 1 amide bonds. The number of imidazole rings is 1. The Morgan fingerprint density at radius 2 is 1.96 bits per heavy atom. The van der Waals surface area contributed by atoms with E-state index in [0.29, 0.717) is 38.5 Å². The van der Waals surface area contributed by atoms with Crippen LogP contribution in [0, 0.1) is 0 Å². The van der Waals surface area contributed by atoms with Gasteiger partial charge in [0.2, 0.25) is 0 Å². The molecular weight excluding hydrogens is 330 g/mol. The van der Waals surface area contributed by atoms with E-state index in [9.17, 15) is 4.79 Å². The molecule has 2 aliphatic rings. The molecule has 0 spiro atoms. The van der Waals surface area contributed by atoms with E-state index in [4.69, 9.17) is 4.74 Å². The van der Waals surface area contributed by atoms with Crippen LogP contribution in [0.4, 0.5) is 0 Å². The molecule has 1 saturated heterocycles. The van der Waals surface area contributed by atoms with Gasteiger partial charge in [-0.1, -0.05) is 0 Å². The van der Waals surface area contributed by atoms with Crippen LogP contribution in [-0.4, -0.2) is 57.7 Å². The molecule has 0 radical (unpaired) electrons. The summed E-state index contributed by atoms with van der Waals surface area (Å²) < 4.78 is 7.19. The Hall–Kier alpha value is -3.06. The SMILES string of the molecule is O=C(c1cnc2ccc(-c3cnc4c(c3)CN=C4)cn12)N1CCOCC1. The molecule has 3 aromatic heterocycles. The number of carbonyl (C=O) groups is 1. The first-order chi connectivity index (χ1) is 12.8. The van der Waals surface area contributed by atoms with E-state index < -0.39 is 0 Å². The van der Waals surface area contributed by atoms with Crippen molar-refractivity contribution in [2.75, 3.05) is 26.3 Å². The number of hydrogen-bond donors (Lipinski definition) is 0. The Bertz CT molecular complexity index is 1030. The number of amides is 1. The van der Waals surface area contributed by atoms with Crippen LogP contribution in [0.3, 0.4) is 0 Å². The molecule has 0 N–H and O–H groups in total. The third-order valence-electron chi connectivity index (χ3n) is 4.83. The van der Waals surface area contributed by atoms with Crippen LogP contribution in [0.25, 0.3) is 16.8 Å². The van der Waals surface area contributed by atoms with Crippen LogP contribution in [-0.2, 0) is 11.3 Å². The minimum absolute atomic E-state index is 0.0153. The van der Waals surface area contributed by atoms with E-state index in [1.807, 2.05) is 33.8 Å². The van der Waals surface area contributed by atoms with Gasteiger partial charge in [-0.3, -0.25) is 19.2 Å². The van der Waals surface area contributed by atoms with Gasteiger partial charge in [0.25, 0.3) is 5.91 Å². The molecule has 26 heavy (non-hydrogen) atoms. The van der Waals surface area contributed by atoms with Gasteiger partial charge < -0.3 is 9.64 Å². The monoisotopic (exact) mass is 347 g/mol. The first kappa shape index (κ1) is 15.2. The number of ether oxygens (including phenoxy) is 1. The molecule has 0 aromatic carbocycles. The van der Waals surface area contributed by atoms with Gasteiger partial charge in [0.05, 0.1) is 31.6 Å². The van der Waals surface area contributed by atoms with Gasteiger partial charge in [-0.2, -0.15) is 0 Å². The number of pyridine rings is 2. The zero-order valence-corrected chi connectivity index (χ0v) is 14.1. The molecule has 5 heterocycles. The van der Waals surface area contributed by atoms with Crippen LogP contribution in [0.15, 0.2) is 41.8 Å². The molecule has 130 valence electrons. The van der Waals surface area contributed by atoms with Gasteiger partial charge in [-0.05, 0) is 18.2 Å². The minimum atomic E-state index is -0.0153. The Kier molecular flexibility index (Phi) is 3.53. The summed E-state index contributed by atoms with van der Waals surface area (Å²) in [6, 6.07) is 6.04. The number of hydrogen-bond acceptors (Lipinski definition) is 5. The van der Waals surface area contributed by atoms with Crippen molar-refractivity contribution in [3.63, 3.8) is 0 Å². The van der Waals surface area contributed by atoms with Crippen LogP contribution in [0.2, 0.25) is 0 Å². The zero-order valence-electron chi connectivity index (χ0n) is 14.1. The van der Waals surface area contributed by atoms with Gasteiger partial charge >= 0.3 is 0 Å². The lowest BCUT2D eigenvalue weighted by atomic mass is 10.1. The highest BCUT2D eigenvalue weighted by atomic mass is 16.5. The standard InChI is InChI=1S/C19H17N5O2/c25-19(23-3-5-26-6-4-23)17-11-22-18-2-1-13(12-24(17)18)14-7-15-8-20-10-16(15)21-9-14/h1-2,7,9-12H,3-6,8H2. The highest BCUT2D eigenvalue weighted by molar-refractivity contribution is 5.93. The third-order valence-corrected chi connectivity index (χ3v) is 4.83. The Balaban J connectivity index is 1.54. The minimum Gasteiger partial charge on any atom is -0.378 e. The van der Waals surface area contributed by atoms with Crippen LogP contribution < -0.4 is 0 Å². The molecule has 1 fully saturated rings.